The minimum Gasteiger partial charge on any atom is -0.300 e. The van der Waals surface area contributed by atoms with E-state index in [0.717, 1.165) is 5.56 Å². The lowest BCUT2D eigenvalue weighted by atomic mass is 9.78. The molecule has 0 unspecified atom stereocenters. The van der Waals surface area contributed by atoms with E-state index in [1.807, 2.05) is 18.2 Å². The van der Waals surface area contributed by atoms with Gasteiger partial charge in [0, 0.05) is 29.9 Å². The van der Waals surface area contributed by atoms with Gasteiger partial charge in [0.25, 0.3) is 0 Å². The van der Waals surface area contributed by atoms with E-state index < -0.39 is 22.4 Å². The van der Waals surface area contributed by atoms with Crippen molar-refractivity contribution in [2.45, 2.75) is 30.6 Å². The summed E-state index contributed by atoms with van der Waals surface area (Å²) in [5.74, 6) is -1.54. The zero-order valence-electron chi connectivity index (χ0n) is 13.3. The molecule has 0 saturated heterocycles. The van der Waals surface area contributed by atoms with Crippen molar-refractivity contribution in [1.82, 2.24) is 0 Å². The third-order valence-corrected chi connectivity index (χ3v) is 5.19. The molecule has 1 atom stereocenters. The summed E-state index contributed by atoms with van der Waals surface area (Å²) < 4.78 is 0. The van der Waals surface area contributed by atoms with Crippen molar-refractivity contribution >= 4 is 29.0 Å². The zero-order chi connectivity index (χ0) is 17.3. The summed E-state index contributed by atoms with van der Waals surface area (Å²) in [6.07, 6.45) is 0.404. The van der Waals surface area contributed by atoms with E-state index in [0.29, 0.717) is 17.5 Å². The first-order valence-electron chi connectivity index (χ1n) is 7.94. The second-order valence-electron chi connectivity index (χ2n) is 5.98. The number of carbonyl (C=O) groups is 3. The fourth-order valence-electron chi connectivity index (χ4n) is 3.24. The lowest BCUT2D eigenvalue weighted by Crippen LogP contribution is -2.42. The summed E-state index contributed by atoms with van der Waals surface area (Å²) in [6.45, 7) is 1.76. The number of hydrogen-bond donors (Lipinski definition) is 0. The molecule has 0 radical (unpaired) electrons. The summed E-state index contributed by atoms with van der Waals surface area (Å²) >= 11 is 6.69. The molecule has 4 heteroatoms. The topological polar surface area (TPSA) is 51.2 Å². The van der Waals surface area contributed by atoms with Gasteiger partial charge in [-0.1, -0.05) is 61.5 Å². The van der Waals surface area contributed by atoms with Crippen LogP contribution in [0.25, 0.3) is 0 Å². The van der Waals surface area contributed by atoms with Gasteiger partial charge in [0.05, 0.1) is 0 Å². The summed E-state index contributed by atoms with van der Waals surface area (Å²) in [7, 11) is 0. The number of carbonyl (C=O) groups excluding carboxylic acids is 3. The molecule has 0 fully saturated rings. The normalized spacial score (nSPS) is 16.8. The molecule has 0 amide bonds. The number of rotatable bonds is 5. The standard InChI is InChI=1S/C20H17ClO3/c1-2-14(22)12-17(13-8-4-3-5-9-13)20(21)18(23)15-10-6-7-11-16(15)19(20)24/h3-11,17H,2,12H2,1H3/t17-/m1/s1. The molecule has 24 heavy (non-hydrogen) atoms. The van der Waals surface area contributed by atoms with E-state index in [9.17, 15) is 14.4 Å². The van der Waals surface area contributed by atoms with Gasteiger partial charge in [0.2, 0.25) is 0 Å². The first-order chi connectivity index (χ1) is 11.5. The number of alkyl halides is 1. The van der Waals surface area contributed by atoms with Crippen molar-refractivity contribution in [2.24, 2.45) is 0 Å². The van der Waals surface area contributed by atoms with E-state index in [4.69, 9.17) is 11.6 Å². The van der Waals surface area contributed by atoms with Crippen LogP contribution in [0.5, 0.6) is 0 Å². The summed E-state index contributed by atoms with van der Waals surface area (Å²) in [6, 6.07) is 15.7. The number of hydrogen-bond acceptors (Lipinski definition) is 3. The molecule has 0 aromatic heterocycles. The molecule has 0 bridgehead atoms. The van der Waals surface area contributed by atoms with E-state index in [1.54, 1.807) is 43.3 Å². The minimum absolute atomic E-state index is 0.0274. The first-order valence-corrected chi connectivity index (χ1v) is 8.32. The van der Waals surface area contributed by atoms with Crippen LogP contribution in [0, 0.1) is 0 Å². The number of halogens is 1. The Labute approximate surface area is 145 Å². The monoisotopic (exact) mass is 340 g/mol. The predicted octanol–water partition coefficient (Wildman–Crippen LogP) is 4.20. The molecule has 0 heterocycles. The largest absolute Gasteiger partial charge is 0.300 e. The molecule has 2 aromatic carbocycles. The highest BCUT2D eigenvalue weighted by Crippen LogP contribution is 2.46. The highest BCUT2D eigenvalue weighted by Gasteiger charge is 2.57. The molecule has 0 aliphatic heterocycles. The molecule has 2 aromatic rings. The van der Waals surface area contributed by atoms with Crippen molar-refractivity contribution in [1.29, 1.82) is 0 Å². The van der Waals surface area contributed by atoms with Crippen molar-refractivity contribution in [3.8, 4) is 0 Å². The third-order valence-electron chi connectivity index (χ3n) is 4.59. The van der Waals surface area contributed by atoms with E-state index in [2.05, 4.69) is 0 Å². The molecular weight excluding hydrogens is 324 g/mol. The van der Waals surface area contributed by atoms with Crippen LogP contribution in [0.1, 0.15) is 52.0 Å². The maximum absolute atomic E-state index is 12.9. The molecule has 0 N–H and O–H groups in total. The Morgan fingerprint density at radius 2 is 1.46 bits per heavy atom. The van der Waals surface area contributed by atoms with Gasteiger partial charge < -0.3 is 0 Å². The van der Waals surface area contributed by atoms with E-state index in [-0.39, 0.29) is 12.2 Å². The fourth-order valence-corrected chi connectivity index (χ4v) is 3.64. The van der Waals surface area contributed by atoms with Gasteiger partial charge in [0.15, 0.2) is 16.4 Å². The lowest BCUT2D eigenvalue weighted by molar-refractivity contribution is -0.119. The van der Waals surface area contributed by atoms with Crippen LogP contribution in [0.15, 0.2) is 54.6 Å². The van der Waals surface area contributed by atoms with Gasteiger partial charge in [-0.25, -0.2) is 0 Å². The molecule has 0 saturated carbocycles. The first kappa shape index (κ1) is 16.6. The van der Waals surface area contributed by atoms with Crippen LogP contribution >= 0.6 is 11.6 Å². The maximum Gasteiger partial charge on any atom is 0.193 e. The van der Waals surface area contributed by atoms with E-state index in [1.165, 1.54) is 0 Å². The van der Waals surface area contributed by atoms with Crippen molar-refractivity contribution in [3.63, 3.8) is 0 Å². The van der Waals surface area contributed by atoms with Crippen LogP contribution in [0.3, 0.4) is 0 Å². The van der Waals surface area contributed by atoms with Gasteiger partial charge in [-0.15, -0.1) is 11.6 Å². The second kappa shape index (κ2) is 6.33. The number of benzene rings is 2. The quantitative estimate of drug-likeness (QED) is 0.605. The third kappa shape index (κ3) is 2.49. The van der Waals surface area contributed by atoms with Crippen molar-refractivity contribution in [2.75, 3.05) is 0 Å². The van der Waals surface area contributed by atoms with Gasteiger partial charge in [-0.3, -0.25) is 14.4 Å². The Morgan fingerprint density at radius 3 is 1.96 bits per heavy atom. The van der Waals surface area contributed by atoms with E-state index >= 15 is 0 Å². The van der Waals surface area contributed by atoms with Crippen LogP contribution in [-0.4, -0.2) is 22.2 Å². The van der Waals surface area contributed by atoms with Crippen LogP contribution in [0.4, 0.5) is 0 Å². The van der Waals surface area contributed by atoms with Crippen LogP contribution in [0.2, 0.25) is 0 Å². The van der Waals surface area contributed by atoms with Gasteiger partial charge in [0.1, 0.15) is 5.78 Å². The van der Waals surface area contributed by atoms with Gasteiger partial charge in [-0.05, 0) is 5.56 Å². The lowest BCUT2D eigenvalue weighted by Gasteiger charge is -2.29. The Bertz CT molecular complexity index is 776. The number of ketones is 3. The van der Waals surface area contributed by atoms with Gasteiger partial charge in [-0.2, -0.15) is 0 Å². The molecule has 1 aliphatic carbocycles. The van der Waals surface area contributed by atoms with Crippen LogP contribution < -0.4 is 0 Å². The smallest absolute Gasteiger partial charge is 0.193 e. The average molecular weight is 341 g/mol. The minimum atomic E-state index is -1.75. The highest BCUT2D eigenvalue weighted by molar-refractivity contribution is 6.55. The molecule has 1 aliphatic rings. The fraction of sp³-hybridized carbons (Fsp3) is 0.250. The SMILES string of the molecule is CCC(=O)C[C@H](c1ccccc1)C1(Cl)C(=O)c2ccccc2C1=O. The zero-order valence-corrected chi connectivity index (χ0v) is 14.0. The molecule has 0 spiro atoms. The molecule has 3 nitrogen and oxygen atoms in total. The van der Waals surface area contributed by atoms with Crippen molar-refractivity contribution in [3.05, 3.63) is 71.3 Å². The Hall–Kier alpha value is -2.26. The summed E-state index contributed by atoms with van der Waals surface area (Å²) in [5, 5.41) is 0. The van der Waals surface area contributed by atoms with Crippen LogP contribution in [-0.2, 0) is 4.79 Å². The number of fused-ring (bicyclic) bond motifs is 1. The molecular formula is C20H17ClO3. The number of Topliss-reactive ketones (excluding diaryl/α,β-unsaturated/α-hetero) is 3. The molecule has 122 valence electrons. The van der Waals surface area contributed by atoms with Crippen molar-refractivity contribution < 1.29 is 14.4 Å². The predicted molar refractivity (Wildman–Crippen MR) is 92.8 cm³/mol. The average Bonchev–Trinajstić information content (AvgIpc) is 2.82. The Balaban J connectivity index is 2.12. The highest BCUT2D eigenvalue weighted by atomic mass is 35.5. The molecule has 3 rings (SSSR count). The Kier molecular flexibility index (Phi) is 4.37. The maximum atomic E-state index is 12.9. The van der Waals surface area contributed by atoms with Gasteiger partial charge >= 0.3 is 0 Å². The Morgan fingerprint density at radius 1 is 0.958 bits per heavy atom. The summed E-state index contributed by atoms with van der Waals surface area (Å²) in [5.41, 5.74) is 1.40. The summed E-state index contributed by atoms with van der Waals surface area (Å²) in [4.78, 5) is 36.2. The second-order valence-corrected chi connectivity index (χ2v) is 6.57.